The highest BCUT2D eigenvalue weighted by Crippen LogP contribution is 2.69. The van der Waals surface area contributed by atoms with E-state index < -0.39 is 0 Å². The first-order chi connectivity index (χ1) is 11.2. The summed E-state index contributed by atoms with van der Waals surface area (Å²) in [5.41, 5.74) is 2.36. The zero-order valence-electron chi connectivity index (χ0n) is 14.2. The van der Waals surface area contributed by atoms with E-state index in [1.807, 2.05) is 0 Å². The number of ether oxygens (including phenoxy) is 3. The van der Waals surface area contributed by atoms with Gasteiger partial charge in [0.05, 0.1) is 24.9 Å². The van der Waals surface area contributed by atoms with Gasteiger partial charge in [-0.3, -0.25) is 0 Å². The van der Waals surface area contributed by atoms with E-state index in [0.717, 1.165) is 43.8 Å². The summed E-state index contributed by atoms with van der Waals surface area (Å²) in [7, 11) is 0. The number of rotatable bonds is 0. The van der Waals surface area contributed by atoms with Crippen LogP contribution in [-0.2, 0) is 14.2 Å². The van der Waals surface area contributed by atoms with E-state index in [-0.39, 0.29) is 5.79 Å². The van der Waals surface area contributed by atoms with E-state index in [9.17, 15) is 0 Å². The van der Waals surface area contributed by atoms with Crippen molar-refractivity contribution < 1.29 is 14.2 Å². The fourth-order valence-electron chi connectivity index (χ4n) is 7.35. The molecule has 3 saturated carbocycles. The average Bonchev–Trinajstić information content (AvgIpc) is 2.92. The Morgan fingerprint density at radius 1 is 1.00 bits per heavy atom. The molecule has 6 unspecified atom stereocenters. The lowest BCUT2D eigenvalue weighted by Gasteiger charge is -2.56. The van der Waals surface area contributed by atoms with Crippen LogP contribution >= 0.6 is 0 Å². The van der Waals surface area contributed by atoms with Crippen molar-refractivity contribution in [3.63, 3.8) is 0 Å². The van der Waals surface area contributed by atoms with Crippen LogP contribution in [0.4, 0.5) is 0 Å². The second kappa shape index (κ2) is 4.23. The van der Waals surface area contributed by atoms with Crippen LogP contribution in [0, 0.1) is 23.2 Å². The van der Waals surface area contributed by atoms with Gasteiger partial charge in [-0.2, -0.15) is 0 Å². The first kappa shape index (κ1) is 13.9. The molecule has 6 rings (SSSR count). The van der Waals surface area contributed by atoms with Crippen LogP contribution in [0.15, 0.2) is 11.6 Å². The van der Waals surface area contributed by atoms with Crippen molar-refractivity contribution in [2.45, 2.75) is 75.8 Å². The smallest absolute Gasteiger partial charge is 0.172 e. The van der Waals surface area contributed by atoms with Crippen LogP contribution in [0.5, 0.6) is 0 Å². The highest BCUT2D eigenvalue weighted by molar-refractivity contribution is 5.28. The third kappa shape index (κ3) is 1.62. The molecule has 6 aliphatic rings. The number of hydrogen-bond acceptors (Lipinski definition) is 3. The van der Waals surface area contributed by atoms with E-state index in [0.29, 0.717) is 17.1 Å². The highest BCUT2D eigenvalue weighted by Gasteiger charge is 2.70. The number of epoxide rings is 1. The maximum absolute atomic E-state index is 6.18. The summed E-state index contributed by atoms with van der Waals surface area (Å²) in [6.07, 6.45) is 13.3. The highest BCUT2D eigenvalue weighted by atomic mass is 16.7. The van der Waals surface area contributed by atoms with Gasteiger partial charge in [-0.15, -0.1) is 0 Å². The Labute approximate surface area is 138 Å². The average molecular weight is 316 g/mol. The van der Waals surface area contributed by atoms with Crippen molar-refractivity contribution >= 4 is 0 Å². The molecule has 126 valence electrons. The predicted octanol–water partition coefficient (Wildman–Crippen LogP) is 3.82. The molecule has 2 heterocycles. The van der Waals surface area contributed by atoms with Gasteiger partial charge in [0.15, 0.2) is 5.79 Å². The number of allylic oxidation sites excluding steroid dienone is 1. The van der Waals surface area contributed by atoms with Gasteiger partial charge in [-0.25, -0.2) is 0 Å². The van der Waals surface area contributed by atoms with E-state index in [2.05, 4.69) is 13.0 Å². The zero-order valence-corrected chi connectivity index (χ0v) is 14.2. The second-order valence-corrected chi connectivity index (χ2v) is 9.22. The predicted molar refractivity (Wildman–Crippen MR) is 85.8 cm³/mol. The molecule has 3 heteroatoms. The first-order valence-electron chi connectivity index (χ1n) is 9.81. The van der Waals surface area contributed by atoms with Gasteiger partial charge in [0.25, 0.3) is 0 Å². The third-order valence-corrected chi connectivity index (χ3v) is 8.58. The SMILES string of the molecule is CC12CCC3(CC1=CCC1C2CCC24OC2CCC14)OCCO3. The fraction of sp³-hybridized carbons (Fsp3) is 0.900. The first-order valence-corrected chi connectivity index (χ1v) is 9.81. The van der Waals surface area contributed by atoms with Gasteiger partial charge in [-0.05, 0) is 61.7 Å². The Hall–Kier alpha value is -0.380. The van der Waals surface area contributed by atoms with Crippen LogP contribution in [-0.4, -0.2) is 30.7 Å². The molecule has 6 atom stereocenters. The van der Waals surface area contributed by atoms with Gasteiger partial charge in [-0.1, -0.05) is 18.6 Å². The van der Waals surface area contributed by atoms with E-state index in [1.54, 1.807) is 5.57 Å². The maximum atomic E-state index is 6.18. The molecule has 5 fully saturated rings. The molecular formula is C20H28O3. The number of fused-ring (bicyclic) bond motifs is 4. The Balaban J connectivity index is 1.34. The van der Waals surface area contributed by atoms with Gasteiger partial charge in [0, 0.05) is 12.8 Å². The van der Waals surface area contributed by atoms with Crippen molar-refractivity contribution in [1.29, 1.82) is 0 Å². The third-order valence-electron chi connectivity index (χ3n) is 8.58. The minimum Gasteiger partial charge on any atom is -0.366 e. The molecule has 23 heavy (non-hydrogen) atoms. The van der Waals surface area contributed by atoms with Crippen molar-refractivity contribution in [2.24, 2.45) is 23.2 Å². The molecule has 0 N–H and O–H groups in total. The standard InChI is InChI=1S/C20H28O3/c1-18-8-9-19(21-10-11-22-19)12-13(18)2-3-14-15(18)6-7-20-16(14)4-5-17(20)23-20/h2,14-17H,3-12H2,1H3. The van der Waals surface area contributed by atoms with Crippen molar-refractivity contribution in [1.82, 2.24) is 0 Å². The number of hydrogen-bond donors (Lipinski definition) is 0. The van der Waals surface area contributed by atoms with Crippen molar-refractivity contribution in [3.05, 3.63) is 11.6 Å². The van der Waals surface area contributed by atoms with Gasteiger partial charge in [0.2, 0.25) is 0 Å². The lowest BCUT2D eigenvalue weighted by Crippen LogP contribution is -2.51. The summed E-state index contributed by atoms with van der Waals surface area (Å²) in [6.45, 7) is 4.11. The minimum atomic E-state index is -0.272. The Kier molecular flexibility index (Phi) is 2.55. The largest absolute Gasteiger partial charge is 0.366 e. The molecule has 2 aliphatic heterocycles. The second-order valence-electron chi connectivity index (χ2n) is 9.22. The Morgan fingerprint density at radius 2 is 1.87 bits per heavy atom. The van der Waals surface area contributed by atoms with Crippen LogP contribution in [0.3, 0.4) is 0 Å². The van der Waals surface area contributed by atoms with Crippen LogP contribution in [0.25, 0.3) is 0 Å². The quantitative estimate of drug-likeness (QED) is 0.503. The monoisotopic (exact) mass is 316 g/mol. The molecular weight excluding hydrogens is 288 g/mol. The lowest BCUT2D eigenvalue weighted by atomic mass is 9.50. The molecule has 0 aromatic rings. The molecule has 2 spiro atoms. The topological polar surface area (TPSA) is 31.0 Å². The summed E-state index contributed by atoms with van der Waals surface area (Å²) in [6, 6.07) is 0. The molecule has 0 bridgehead atoms. The van der Waals surface area contributed by atoms with E-state index in [1.165, 1.54) is 38.5 Å². The Morgan fingerprint density at radius 3 is 2.70 bits per heavy atom. The maximum Gasteiger partial charge on any atom is 0.172 e. The molecule has 0 radical (unpaired) electrons. The van der Waals surface area contributed by atoms with E-state index in [4.69, 9.17) is 14.2 Å². The van der Waals surface area contributed by atoms with E-state index >= 15 is 0 Å². The Bertz CT molecular complexity index is 577. The molecule has 0 aromatic carbocycles. The summed E-state index contributed by atoms with van der Waals surface area (Å²) in [5.74, 6) is 2.30. The van der Waals surface area contributed by atoms with Gasteiger partial charge < -0.3 is 14.2 Å². The fourth-order valence-corrected chi connectivity index (χ4v) is 7.35. The summed E-state index contributed by atoms with van der Waals surface area (Å²) < 4.78 is 18.2. The molecule has 0 aromatic heterocycles. The minimum absolute atomic E-state index is 0.272. The lowest BCUT2D eigenvalue weighted by molar-refractivity contribution is -0.184. The zero-order chi connectivity index (χ0) is 15.3. The van der Waals surface area contributed by atoms with Gasteiger partial charge >= 0.3 is 0 Å². The summed E-state index contributed by atoms with van der Waals surface area (Å²) >= 11 is 0. The van der Waals surface area contributed by atoms with Gasteiger partial charge in [0.1, 0.15) is 0 Å². The van der Waals surface area contributed by atoms with Crippen LogP contribution < -0.4 is 0 Å². The molecule has 4 aliphatic carbocycles. The van der Waals surface area contributed by atoms with Crippen LogP contribution in [0.1, 0.15) is 58.3 Å². The molecule has 0 amide bonds. The molecule has 3 nitrogen and oxygen atoms in total. The van der Waals surface area contributed by atoms with Crippen molar-refractivity contribution in [3.8, 4) is 0 Å². The summed E-state index contributed by atoms with van der Waals surface area (Å²) in [4.78, 5) is 0. The summed E-state index contributed by atoms with van der Waals surface area (Å²) in [5, 5.41) is 0. The van der Waals surface area contributed by atoms with Crippen molar-refractivity contribution in [2.75, 3.05) is 13.2 Å². The van der Waals surface area contributed by atoms with Crippen LogP contribution in [0.2, 0.25) is 0 Å². The normalized spacial score (nSPS) is 55.6. The molecule has 2 saturated heterocycles.